The number of carbonyl (C=O) groups excluding carboxylic acids is 2. The molecule has 9 heteroatoms. The molecule has 0 spiro atoms. The summed E-state index contributed by atoms with van der Waals surface area (Å²) in [5.74, 6) is 2.60. The number of hydrogen-bond donors (Lipinski definition) is 2. The first kappa shape index (κ1) is 20.2. The van der Waals surface area contributed by atoms with E-state index in [1.807, 2.05) is 24.3 Å². The SMILES string of the molecule is COCCNC(=O)Cn1nc2c(c1NC(=O)Cc1ccc(OC)cc1)CSC2. The molecule has 2 amide bonds. The lowest BCUT2D eigenvalue weighted by Crippen LogP contribution is -2.31. The highest BCUT2D eigenvalue weighted by Gasteiger charge is 2.24. The first-order valence-corrected chi connectivity index (χ1v) is 10.1. The predicted octanol–water partition coefficient (Wildman–Crippen LogP) is 1.58. The molecule has 28 heavy (non-hydrogen) atoms. The zero-order valence-electron chi connectivity index (χ0n) is 16.0. The van der Waals surface area contributed by atoms with E-state index in [9.17, 15) is 9.59 Å². The molecular weight excluding hydrogens is 380 g/mol. The third-order valence-corrected chi connectivity index (χ3v) is 5.29. The lowest BCUT2D eigenvalue weighted by molar-refractivity contribution is -0.122. The van der Waals surface area contributed by atoms with Crippen LogP contribution in [0.5, 0.6) is 5.75 Å². The van der Waals surface area contributed by atoms with Crippen LogP contribution in [0.1, 0.15) is 16.8 Å². The van der Waals surface area contributed by atoms with Crippen LogP contribution >= 0.6 is 11.8 Å². The molecule has 0 atom stereocenters. The quantitative estimate of drug-likeness (QED) is 0.617. The highest BCUT2D eigenvalue weighted by Crippen LogP contribution is 2.34. The van der Waals surface area contributed by atoms with Gasteiger partial charge in [-0.25, -0.2) is 4.68 Å². The summed E-state index contributed by atoms with van der Waals surface area (Å²) in [7, 11) is 3.19. The minimum absolute atomic E-state index is 0.0551. The van der Waals surface area contributed by atoms with Crippen LogP contribution in [0, 0.1) is 0 Å². The Balaban J connectivity index is 1.67. The Kier molecular flexibility index (Phi) is 6.94. The molecule has 2 aromatic rings. The van der Waals surface area contributed by atoms with Crippen molar-refractivity contribution in [3.05, 3.63) is 41.1 Å². The molecule has 0 saturated carbocycles. The number of rotatable bonds is 9. The number of ether oxygens (including phenoxy) is 2. The van der Waals surface area contributed by atoms with Gasteiger partial charge in [0.05, 0.1) is 25.8 Å². The number of carbonyl (C=O) groups is 2. The van der Waals surface area contributed by atoms with E-state index in [4.69, 9.17) is 9.47 Å². The predicted molar refractivity (Wildman–Crippen MR) is 107 cm³/mol. The molecule has 0 radical (unpaired) electrons. The molecule has 1 aliphatic rings. The zero-order valence-corrected chi connectivity index (χ0v) is 16.8. The Labute approximate surface area is 168 Å². The number of amides is 2. The highest BCUT2D eigenvalue weighted by atomic mass is 32.2. The van der Waals surface area contributed by atoms with Gasteiger partial charge in [-0.3, -0.25) is 9.59 Å². The largest absolute Gasteiger partial charge is 0.497 e. The standard InChI is InChI=1S/C19H24N4O4S/c1-26-8-7-20-18(25)10-23-19(15-11-28-12-16(15)22-23)21-17(24)9-13-3-5-14(27-2)6-4-13/h3-6H,7-12H2,1-2H3,(H,20,25)(H,21,24). The van der Waals surface area contributed by atoms with E-state index in [0.717, 1.165) is 34.1 Å². The third-order valence-electron chi connectivity index (χ3n) is 4.32. The molecule has 0 bridgehead atoms. The van der Waals surface area contributed by atoms with Crippen LogP contribution < -0.4 is 15.4 Å². The Morgan fingerprint density at radius 2 is 1.96 bits per heavy atom. The molecule has 2 N–H and O–H groups in total. The highest BCUT2D eigenvalue weighted by molar-refractivity contribution is 7.98. The minimum atomic E-state index is -0.170. The molecule has 8 nitrogen and oxygen atoms in total. The molecule has 0 unspecified atom stereocenters. The van der Waals surface area contributed by atoms with Gasteiger partial charge in [0.2, 0.25) is 11.8 Å². The lowest BCUT2D eigenvalue weighted by atomic mass is 10.1. The average molecular weight is 404 g/mol. The van der Waals surface area contributed by atoms with Crippen molar-refractivity contribution >= 4 is 29.4 Å². The summed E-state index contributed by atoms with van der Waals surface area (Å²) in [5.41, 5.74) is 2.81. The van der Waals surface area contributed by atoms with Crippen LogP contribution in [-0.4, -0.2) is 49.0 Å². The average Bonchev–Trinajstić information content (AvgIpc) is 3.25. The lowest BCUT2D eigenvalue weighted by Gasteiger charge is -2.11. The Morgan fingerprint density at radius 1 is 1.18 bits per heavy atom. The second-order valence-electron chi connectivity index (χ2n) is 6.34. The van der Waals surface area contributed by atoms with Gasteiger partial charge in [-0.05, 0) is 17.7 Å². The second-order valence-corrected chi connectivity index (χ2v) is 7.33. The van der Waals surface area contributed by atoms with Gasteiger partial charge in [-0.15, -0.1) is 0 Å². The number of methoxy groups -OCH3 is 2. The number of aromatic nitrogens is 2. The van der Waals surface area contributed by atoms with Crippen molar-refractivity contribution in [3.63, 3.8) is 0 Å². The fraction of sp³-hybridized carbons (Fsp3) is 0.421. The number of benzene rings is 1. The molecule has 150 valence electrons. The Morgan fingerprint density at radius 3 is 2.68 bits per heavy atom. The molecule has 1 aromatic carbocycles. The molecule has 0 aliphatic carbocycles. The fourth-order valence-corrected chi connectivity index (χ4v) is 3.94. The molecular formula is C19H24N4O4S. The van der Waals surface area contributed by atoms with Gasteiger partial charge >= 0.3 is 0 Å². The smallest absolute Gasteiger partial charge is 0.241 e. The topological polar surface area (TPSA) is 94.5 Å². The maximum absolute atomic E-state index is 12.6. The summed E-state index contributed by atoms with van der Waals surface area (Å²) in [4.78, 5) is 24.7. The number of hydrogen-bond acceptors (Lipinski definition) is 6. The maximum atomic E-state index is 12.6. The van der Waals surface area contributed by atoms with Crippen molar-refractivity contribution < 1.29 is 19.1 Å². The van der Waals surface area contributed by atoms with Crippen molar-refractivity contribution in [1.29, 1.82) is 0 Å². The normalized spacial score (nSPS) is 12.5. The summed E-state index contributed by atoms with van der Waals surface area (Å²) < 4.78 is 11.7. The molecule has 2 heterocycles. The summed E-state index contributed by atoms with van der Waals surface area (Å²) in [6.07, 6.45) is 0.233. The van der Waals surface area contributed by atoms with Crippen molar-refractivity contribution in [2.75, 3.05) is 32.7 Å². The number of nitrogens with zero attached hydrogens (tertiary/aromatic N) is 2. The van der Waals surface area contributed by atoms with Crippen LogP contribution in [0.25, 0.3) is 0 Å². The van der Waals surface area contributed by atoms with Crippen LogP contribution in [0.15, 0.2) is 24.3 Å². The van der Waals surface area contributed by atoms with Crippen LogP contribution in [0.3, 0.4) is 0 Å². The van der Waals surface area contributed by atoms with Crippen molar-refractivity contribution in [3.8, 4) is 5.75 Å². The van der Waals surface area contributed by atoms with E-state index in [-0.39, 0.29) is 24.8 Å². The van der Waals surface area contributed by atoms with Crippen LogP contribution in [-0.2, 0) is 38.8 Å². The summed E-state index contributed by atoms with van der Waals surface area (Å²) in [5, 5.41) is 10.2. The number of fused-ring (bicyclic) bond motifs is 1. The van der Waals surface area contributed by atoms with Gasteiger partial charge in [0.1, 0.15) is 18.1 Å². The number of nitrogens with one attached hydrogen (secondary N) is 2. The van der Waals surface area contributed by atoms with Crippen molar-refractivity contribution in [1.82, 2.24) is 15.1 Å². The van der Waals surface area contributed by atoms with E-state index in [1.165, 1.54) is 0 Å². The van der Waals surface area contributed by atoms with Gasteiger partial charge in [-0.1, -0.05) is 12.1 Å². The number of thioether (sulfide) groups is 1. The van der Waals surface area contributed by atoms with Gasteiger partial charge < -0.3 is 20.1 Å². The minimum Gasteiger partial charge on any atom is -0.497 e. The zero-order chi connectivity index (χ0) is 19.9. The fourth-order valence-electron chi connectivity index (χ4n) is 2.91. The van der Waals surface area contributed by atoms with E-state index < -0.39 is 0 Å². The molecule has 1 aliphatic heterocycles. The van der Waals surface area contributed by atoms with E-state index in [1.54, 1.807) is 30.7 Å². The van der Waals surface area contributed by atoms with E-state index in [0.29, 0.717) is 19.0 Å². The first-order chi connectivity index (χ1) is 13.6. The van der Waals surface area contributed by atoms with E-state index >= 15 is 0 Å². The second kappa shape index (κ2) is 9.61. The molecule has 3 rings (SSSR count). The Hall–Kier alpha value is -2.52. The van der Waals surface area contributed by atoms with Gasteiger partial charge in [0, 0.05) is 30.7 Å². The van der Waals surface area contributed by atoms with Crippen LogP contribution in [0.2, 0.25) is 0 Å². The third kappa shape index (κ3) is 5.05. The van der Waals surface area contributed by atoms with Gasteiger partial charge in [0.25, 0.3) is 0 Å². The van der Waals surface area contributed by atoms with Crippen molar-refractivity contribution in [2.24, 2.45) is 0 Å². The molecule has 1 aromatic heterocycles. The Bertz CT molecular complexity index is 835. The first-order valence-electron chi connectivity index (χ1n) is 8.95. The molecule has 0 saturated heterocycles. The van der Waals surface area contributed by atoms with Gasteiger partial charge in [0.15, 0.2) is 0 Å². The van der Waals surface area contributed by atoms with Gasteiger partial charge in [-0.2, -0.15) is 16.9 Å². The van der Waals surface area contributed by atoms with Crippen molar-refractivity contribution in [2.45, 2.75) is 24.5 Å². The molecule has 0 fully saturated rings. The number of anilines is 1. The monoisotopic (exact) mass is 404 g/mol. The maximum Gasteiger partial charge on any atom is 0.241 e. The summed E-state index contributed by atoms with van der Waals surface area (Å²) >= 11 is 1.75. The van der Waals surface area contributed by atoms with E-state index in [2.05, 4.69) is 15.7 Å². The van der Waals surface area contributed by atoms with Crippen LogP contribution in [0.4, 0.5) is 5.82 Å². The summed E-state index contributed by atoms with van der Waals surface area (Å²) in [6, 6.07) is 7.37. The summed E-state index contributed by atoms with van der Waals surface area (Å²) in [6.45, 7) is 0.939.